The third kappa shape index (κ3) is 18.5. The number of halogens is 9. The van der Waals surface area contributed by atoms with Crippen molar-refractivity contribution in [3.05, 3.63) is 166 Å². The van der Waals surface area contributed by atoms with Crippen molar-refractivity contribution in [2.45, 2.75) is 95.6 Å². The summed E-state index contributed by atoms with van der Waals surface area (Å²) in [6.07, 6.45) is 4.20. The topological polar surface area (TPSA) is 230 Å². The molecule has 0 radical (unpaired) electrons. The Labute approximate surface area is 474 Å². The summed E-state index contributed by atoms with van der Waals surface area (Å²) in [4.78, 5) is 55.8. The van der Waals surface area contributed by atoms with Crippen LogP contribution in [0, 0.1) is 33.7 Å². The van der Waals surface area contributed by atoms with Crippen LogP contribution in [0.4, 0.5) is 46.8 Å². The Balaban J connectivity index is 0.000000247. The lowest BCUT2D eigenvalue weighted by Crippen LogP contribution is -2.52. The van der Waals surface area contributed by atoms with Gasteiger partial charge in [-0.15, -0.1) is 0 Å². The second kappa shape index (κ2) is 29.1. The van der Waals surface area contributed by atoms with Gasteiger partial charge in [-0.3, -0.25) is 24.1 Å². The maximum absolute atomic E-state index is 15.0. The summed E-state index contributed by atoms with van der Waals surface area (Å²) in [6.45, 7) is 6.09. The number of carbonyl (C=O) groups is 4. The maximum atomic E-state index is 15.0. The van der Waals surface area contributed by atoms with Gasteiger partial charge in [0.15, 0.2) is 35.5 Å². The van der Waals surface area contributed by atoms with E-state index in [1.54, 1.807) is 18.7 Å². The fraction of sp³-hybridized carbons (Fsp3) is 0.345. The van der Waals surface area contributed by atoms with Crippen LogP contribution in [0.3, 0.4) is 0 Å². The fourth-order valence-corrected chi connectivity index (χ4v) is 8.18. The van der Waals surface area contributed by atoms with E-state index in [0.29, 0.717) is 26.9 Å². The molecule has 4 atom stereocenters. The highest BCUT2D eigenvalue weighted by Crippen LogP contribution is 2.41. The van der Waals surface area contributed by atoms with E-state index in [1.807, 2.05) is 0 Å². The van der Waals surface area contributed by atoms with Crippen molar-refractivity contribution in [1.82, 2.24) is 30.8 Å². The molecule has 8 rings (SSSR count). The zero-order chi connectivity index (χ0) is 59.2. The summed E-state index contributed by atoms with van der Waals surface area (Å²) in [5.74, 6) is -11.9. The predicted octanol–water partition coefficient (Wildman–Crippen LogP) is 9.05. The zero-order valence-electron chi connectivity index (χ0n) is 43.8. The summed E-state index contributed by atoms with van der Waals surface area (Å²) >= 11 is 3.13. The number of nitrogens with one attached hydrogen (secondary N) is 5. The maximum Gasteiger partial charge on any atom is 0.257 e. The number of anilines is 2. The number of pyridine rings is 4. The standard InChI is InChI=1S/C27H27F4N5O4.C14H11BrF2N2O2.C13H17F2N3O2.CH4/c1-16(26(38)34-25-6-4-21(14-33-25)40-24-5-3-19(28)12-23(24)29)35-10-8-27(30,31)22(15-35)18-7-9-36(39)20(11-18)13-32-17(2)37;1-8(15)14(20)19-13-5-3-10(7-18-13)21-12-4-2-9(16)6-11(12)17;1-9(19)17-7-11-6-10(2-5-18(11)20)12-8-16-4-3-13(12,14)15;/h3-7,9,11-12,14,16,22H,8,10,13,15H2,1-2H3,(H,32,37)(H,33,34,38);2-8H,1H3,(H,18,19,20);2,5-6,12,16H,3-4,7-8H2,1H3,(H,17,19);1H4/t;8-;;/m.1../s1. The molecular weight excluding hydrogens is 1160 g/mol. The Bertz CT molecular complexity index is 3170. The van der Waals surface area contributed by atoms with Gasteiger partial charge in [0, 0.05) is 89.3 Å². The van der Waals surface area contributed by atoms with Crippen LogP contribution in [0.5, 0.6) is 23.0 Å². The van der Waals surface area contributed by atoms with Crippen LogP contribution in [-0.4, -0.2) is 87.4 Å². The van der Waals surface area contributed by atoms with Crippen LogP contribution in [-0.2, 0) is 32.3 Å². The zero-order valence-corrected chi connectivity index (χ0v) is 45.3. The molecule has 0 saturated carbocycles. The molecule has 440 valence electrons. The molecule has 27 heteroatoms. The Hall–Kier alpha value is -8.04. The molecule has 0 aliphatic carbocycles. The van der Waals surface area contributed by atoms with E-state index in [4.69, 9.17) is 9.47 Å². The summed E-state index contributed by atoms with van der Waals surface area (Å²) in [5, 5.41) is 36.8. The van der Waals surface area contributed by atoms with E-state index in [9.17, 15) is 64.7 Å². The first kappa shape index (κ1) is 64.8. The van der Waals surface area contributed by atoms with Gasteiger partial charge in [-0.2, -0.15) is 9.46 Å². The Morgan fingerprint density at radius 3 is 1.59 bits per heavy atom. The summed E-state index contributed by atoms with van der Waals surface area (Å²) in [7, 11) is 0. The molecule has 4 amide bonds. The number of alkyl halides is 5. The number of hydrogen-bond acceptors (Lipinski definition) is 12. The number of hydrogen-bond donors (Lipinski definition) is 5. The fourth-order valence-electron chi connectivity index (χ4n) is 8.06. The van der Waals surface area contributed by atoms with E-state index in [-0.39, 0.29) is 121 Å². The first-order valence-electron chi connectivity index (χ1n) is 24.9. The quantitative estimate of drug-likeness (QED) is 0.0281. The van der Waals surface area contributed by atoms with Crippen molar-refractivity contribution in [3.8, 4) is 23.0 Å². The van der Waals surface area contributed by atoms with E-state index < -0.39 is 65.3 Å². The van der Waals surface area contributed by atoms with Crippen molar-refractivity contribution in [2.75, 3.05) is 36.8 Å². The van der Waals surface area contributed by atoms with E-state index in [0.717, 1.165) is 30.5 Å². The Morgan fingerprint density at radius 2 is 1.16 bits per heavy atom. The molecule has 2 fully saturated rings. The molecule has 2 aromatic carbocycles. The van der Waals surface area contributed by atoms with E-state index in [1.165, 1.54) is 87.0 Å². The lowest BCUT2D eigenvalue weighted by Gasteiger charge is -2.40. The van der Waals surface area contributed by atoms with Crippen LogP contribution in [0.1, 0.15) is 82.3 Å². The van der Waals surface area contributed by atoms with Gasteiger partial charge in [0.2, 0.25) is 35.0 Å². The number of piperidine rings is 2. The number of aromatic nitrogens is 4. The van der Waals surface area contributed by atoms with Crippen LogP contribution in [0.25, 0.3) is 0 Å². The van der Waals surface area contributed by atoms with Gasteiger partial charge in [-0.25, -0.2) is 45.1 Å². The Morgan fingerprint density at radius 1 is 0.695 bits per heavy atom. The molecule has 4 aromatic heterocycles. The van der Waals surface area contributed by atoms with Gasteiger partial charge >= 0.3 is 0 Å². The minimum Gasteiger partial charge on any atom is -0.618 e. The Kier molecular flexibility index (Phi) is 23.0. The molecular formula is C55H59BrF8N10O8. The predicted molar refractivity (Wildman–Crippen MR) is 288 cm³/mol. The lowest BCUT2D eigenvalue weighted by atomic mass is 9.86. The van der Waals surface area contributed by atoms with Crippen LogP contribution >= 0.6 is 15.9 Å². The lowest BCUT2D eigenvalue weighted by molar-refractivity contribution is -0.614. The smallest absolute Gasteiger partial charge is 0.257 e. The number of likely N-dealkylation sites (tertiary alicyclic amines) is 1. The first-order chi connectivity index (χ1) is 38.3. The van der Waals surface area contributed by atoms with Crippen molar-refractivity contribution in [3.63, 3.8) is 0 Å². The monoisotopic (exact) mass is 1220 g/mol. The van der Waals surface area contributed by atoms with Gasteiger partial charge in [0.1, 0.15) is 47.9 Å². The third-order valence-electron chi connectivity index (χ3n) is 12.5. The molecule has 5 N–H and O–H groups in total. The average Bonchev–Trinajstić information content (AvgIpc) is 2.84. The number of ether oxygens (including phenoxy) is 2. The number of rotatable bonds is 15. The van der Waals surface area contributed by atoms with E-state index >= 15 is 0 Å². The average molecular weight is 1220 g/mol. The minimum atomic E-state index is -3.07. The molecule has 82 heavy (non-hydrogen) atoms. The summed E-state index contributed by atoms with van der Waals surface area (Å²) in [6, 6.07) is 16.5. The number of carbonyl (C=O) groups excluding carboxylic acids is 4. The molecule has 2 aliphatic heterocycles. The van der Waals surface area contributed by atoms with Gasteiger partial charge in [-0.1, -0.05) is 23.4 Å². The number of amides is 4. The van der Waals surface area contributed by atoms with Gasteiger partial charge in [0.05, 0.1) is 35.1 Å². The summed E-state index contributed by atoms with van der Waals surface area (Å²) < 4.78 is 123. The highest BCUT2D eigenvalue weighted by Gasteiger charge is 2.47. The molecule has 0 spiro atoms. The number of nitrogens with zero attached hydrogens (tertiary/aromatic N) is 5. The summed E-state index contributed by atoms with van der Waals surface area (Å²) in [5.41, 5.74) is 1.01. The van der Waals surface area contributed by atoms with E-state index in [2.05, 4.69) is 52.5 Å². The highest BCUT2D eigenvalue weighted by molar-refractivity contribution is 9.10. The number of benzene rings is 2. The third-order valence-corrected chi connectivity index (χ3v) is 13.0. The van der Waals surface area contributed by atoms with Crippen molar-refractivity contribution >= 4 is 51.2 Å². The van der Waals surface area contributed by atoms with Crippen LogP contribution in [0.2, 0.25) is 0 Å². The van der Waals surface area contributed by atoms with Crippen molar-refractivity contribution in [1.29, 1.82) is 0 Å². The molecule has 6 aromatic rings. The normalized spacial score (nSPS) is 16.8. The van der Waals surface area contributed by atoms with Crippen LogP contribution in [0.15, 0.2) is 110 Å². The van der Waals surface area contributed by atoms with Crippen LogP contribution < -0.4 is 45.5 Å². The second-order valence-electron chi connectivity index (χ2n) is 18.6. The molecule has 3 unspecified atom stereocenters. The molecule has 2 saturated heterocycles. The van der Waals surface area contributed by atoms with Gasteiger partial charge < -0.3 is 46.5 Å². The van der Waals surface area contributed by atoms with Crippen molar-refractivity contribution < 1.29 is 73.2 Å². The largest absolute Gasteiger partial charge is 0.618 e. The van der Waals surface area contributed by atoms with Crippen molar-refractivity contribution in [2.24, 2.45) is 0 Å². The first-order valence-corrected chi connectivity index (χ1v) is 25.8. The second-order valence-corrected chi connectivity index (χ2v) is 20.0. The minimum absolute atomic E-state index is 0. The molecule has 2 aliphatic rings. The molecule has 18 nitrogen and oxygen atoms in total. The SMILES string of the molecule is C.CC(=O)NCc1cc(C2CN(C(C)C(=O)Nc3ccc(Oc4ccc(F)cc4F)cn3)CCC2(F)F)cc[n+]1[O-].CC(=O)NCc1cc(C2CNCCC2(F)F)cc[n+]1[O-].C[C@@H](Br)C(=O)Nc1ccc(Oc2ccc(F)cc2F)cn1. The van der Waals surface area contributed by atoms with Gasteiger partial charge in [0.25, 0.3) is 11.8 Å². The highest BCUT2D eigenvalue weighted by atomic mass is 79.9. The molecule has 6 heterocycles. The van der Waals surface area contributed by atoms with Gasteiger partial charge in [-0.05, 0) is 73.5 Å². The molecule has 0 bridgehead atoms.